The minimum absolute atomic E-state index is 0.296. The van der Waals surface area contributed by atoms with Crippen LogP contribution < -0.4 is 0 Å². The third kappa shape index (κ3) is 3.32. The molecular weight excluding hydrogens is 176 g/mol. The van der Waals surface area contributed by atoms with Gasteiger partial charge in [-0.3, -0.25) is 0 Å². The summed E-state index contributed by atoms with van der Waals surface area (Å²) >= 11 is 0. The van der Waals surface area contributed by atoms with Crippen LogP contribution in [0, 0.1) is 0 Å². The third-order valence-corrected chi connectivity index (χ3v) is 1.99. The van der Waals surface area contributed by atoms with Gasteiger partial charge in [0.05, 0.1) is 12.7 Å². The molecule has 1 aromatic rings. The van der Waals surface area contributed by atoms with E-state index in [1.165, 1.54) is 0 Å². The van der Waals surface area contributed by atoms with Gasteiger partial charge in [0.15, 0.2) is 0 Å². The maximum absolute atomic E-state index is 9.29. The van der Waals surface area contributed by atoms with Gasteiger partial charge in [-0.2, -0.15) is 0 Å². The number of benzene rings is 1. The molecule has 76 valence electrons. The highest BCUT2D eigenvalue weighted by atomic mass is 16.5. The topological polar surface area (TPSA) is 29.5 Å². The molecule has 0 heterocycles. The van der Waals surface area contributed by atoms with Gasteiger partial charge in [0.25, 0.3) is 0 Å². The van der Waals surface area contributed by atoms with Gasteiger partial charge in [-0.15, -0.1) is 6.58 Å². The quantitative estimate of drug-likeness (QED) is 0.724. The van der Waals surface area contributed by atoms with E-state index < -0.39 is 6.10 Å². The average Bonchev–Trinajstić information content (AvgIpc) is 2.20. The van der Waals surface area contributed by atoms with Crippen LogP contribution in [0.25, 0.3) is 0 Å². The molecule has 0 saturated heterocycles. The minimum atomic E-state index is -0.517. The van der Waals surface area contributed by atoms with Crippen LogP contribution in [0.1, 0.15) is 12.5 Å². The first-order chi connectivity index (χ1) is 6.74. The van der Waals surface area contributed by atoms with Gasteiger partial charge in [-0.25, -0.2) is 0 Å². The summed E-state index contributed by atoms with van der Waals surface area (Å²) in [5, 5.41) is 9.29. The van der Waals surface area contributed by atoms with E-state index in [-0.39, 0.29) is 6.10 Å². The number of ether oxygens (including phenoxy) is 1. The van der Waals surface area contributed by atoms with Crippen LogP contribution in [-0.4, -0.2) is 17.3 Å². The third-order valence-electron chi connectivity index (χ3n) is 1.99. The highest BCUT2D eigenvalue weighted by molar-refractivity contribution is 5.13. The number of aliphatic hydroxyl groups excluding tert-OH is 1. The van der Waals surface area contributed by atoms with Gasteiger partial charge in [-0.1, -0.05) is 36.4 Å². The fourth-order valence-electron chi connectivity index (χ4n) is 1.17. The van der Waals surface area contributed by atoms with Crippen LogP contribution in [0.15, 0.2) is 43.0 Å². The van der Waals surface area contributed by atoms with Crippen LogP contribution in [0.2, 0.25) is 0 Å². The molecule has 0 bridgehead atoms. The summed E-state index contributed by atoms with van der Waals surface area (Å²) in [7, 11) is 0. The second-order valence-corrected chi connectivity index (χ2v) is 3.24. The number of hydrogen-bond acceptors (Lipinski definition) is 2. The maximum atomic E-state index is 9.29. The van der Waals surface area contributed by atoms with Crippen molar-refractivity contribution in [2.75, 3.05) is 0 Å². The van der Waals surface area contributed by atoms with Crippen molar-refractivity contribution in [3.05, 3.63) is 48.6 Å². The fourth-order valence-corrected chi connectivity index (χ4v) is 1.17. The summed E-state index contributed by atoms with van der Waals surface area (Å²) in [4.78, 5) is 0. The molecule has 2 heteroatoms. The Bertz CT molecular complexity index is 267. The van der Waals surface area contributed by atoms with Gasteiger partial charge in [0.1, 0.15) is 6.10 Å². The lowest BCUT2D eigenvalue weighted by Gasteiger charge is -2.16. The molecule has 0 aliphatic heterocycles. The minimum Gasteiger partial charge on any atom is -0.390 e. The molecule has 0 aliphatic rings. The Morgan fingerprint density at radius 3 is 2.57 bits per heavy atom. The van der Waals surface area contributed by atoms with Gasteiger partial charge >= 0.3 is 0 Å². The second-order valence-electron chi connectivity index (χ2n) is 3.24. The van der Waals surface area contributed by atoms with E-state index in [1.54, 1.807) is 13.0 Å². The molecule has 1 rings (SSSR count). The lowest BCUT2D eigenvalue weighted by molar-refractivity contribution is -0.00981. The van der Waals surface area contributed by atoms with Gasteiger partial charge in [0, 0.05) is 0 Å². The van der Waals surface area contributed by atoms with Gasteiger partial charge in [-0.05, 0) is 12.5 Å². The number of aliphatic hydroxyl groups is 1. The molecule has 0 radical (unpaired) electrons. The van der Waals surface area contributed by atoms with E-state index in [0.717, 1.165) is 5.56 Å². The zero-order valence-electron chi connectivity index (χ0n) is 8.39. The monoisotopic (exact) mass is 192 g/mol. The Morgan fingerprint density at radius 1 is 1.43 bits per heavy atom. The number of hydrogen-bond donors (Lipinski definition) is 1. The molecule has 0 unspecified atom stereocenters. The van der Waals surface area contributed by atoms with E-state index in [4.69, 9.17) is 4.74 Å². The molecular formula is C12H16O2. The van der Waals surface area contributed by atoms with Crippen molar-refractivity contribution < 1.29 is 9.84 Å². The van der Waals surface area contributed by atoms with Crippen LogP contribution >= 0.6 is 0 Å². The first-order valence-corrected chi connectivity index (χ1v) is 4.70. The molecule has 14 heavy (non-hydrogen) atoms. The Balaban J connectivity index is 2.43. The predicted molar refractivity (Wildman–Crippen MR) is 56.9 cm³/mol. The molecule has 0 aromatic heterocycles. The van der Waals surface area contributed by atoms with Crippen molar-refractivity contribution in [3.63, 3.8) is 0 Å². The largest absolute Gasteiger partial charge is 0.390 e. The first kappa shape index (κ1) is 11.0. The van der Waals surface area contributed by atoms with Gasteiger partial charge < -0.3 is 9.84 Å². The predicted octanol–water partition coefficient (Wildman–Crippen LogP) is 2.14. The van der Waals surface area contributed by atoms with Crippen molar-refractivity contribution in [2.45, 2.75) is 25.7 Å². The Labute approximate surface area is 84.8 Å². The van der Waals surface area contributed by atoms with Crippen molar-refractivity contribution >= 4 is 0 Å². The smallest absolute Gasteiger partial charge is 0.101 e. The van der Waals surface area contributed by atoms with E-state index >= 15 is 0 Å². The lowest BCUT2D eigenvalue weighted by atomic mass is 10.2. The SMILES string of the molecule is C=C[C@@H](OCc1ccccc1)[C@@H](C)O. The van der Waals surface area contributed by atoms with E-state index in [1.807, 2.05) is 30.3 Å². The first-order valence-electron chi connectivity index (χ1n) is 4.70. The zero-order valence-corrected chi connectivity index (χ0v) is 8.39. The zero-order chi connectivity index (χ0) is 10.4. The molecule has 0 spiro atoms. The molecule has 0 aliphatic carbocycles. The van der Waals surface area contributed by atoms with Crippen LogP contribution in [-0.2, 0) is 11.3 Å². The normalized spacial score (nSPS) is 14.7. The standard InChI is InChI=1S/C12H16O2/c1-3-12(10(2)13)14-9-11-7-5-4-6-8-11/h3-8,10,12-13H,1,9H2,2H3/t10-,12-/m1/s1. The van der Waals surface area contributed by atoms with E-state index in [2.05, 4.69) is 6.58 Å². The molecule has 0 fully saturated rings. The van der Waals surface area contributed by atoms with Crippen molar-refractivity contribution in [2.24, 2.45) is 0 Å². The second kappa shape index (κ2) is 5.58. The highest BCUT2D eigenvalue weighted by Crippen LogP contribution is 2.06. The summed E-state index contributed by atoms with van der Waals surface area (Å²) < 4.78 is 5.47. The molecule has 1 N–H and O–H groups in total. The number of rotatable bonds is 5. The summed E-state index contributed by atoms with van der Waals surface area (Å²) in [6.07, 6.45) is 0.805. The van der Waals surface area contributed by atoms with Gasteiger partial charge in [0.2, 0.25) is 0 Å². The van der Waals surface area contributed by atoms with Crippen LogP contribution in [0.4, 0.5) is 0 Å². The Kier molecular flexibility index (Phi) is 4.36. The molecule has 0 amide bonds. The Morgan fingerprint density at radius 2 is 2.07 bits per heavy atom. The van der Waals surface area contributed by atoms with Crippen molar-refractivity contribution in [1.82, 2.24) is 0 Å². The summed E-state index contributed by atoms with van der Waals surface area (Å²) in [5.41, 5.74) is 1.10. The van der Waals surface area contributed by atoms with Crippen LogP contribution in [0.3, 0.4) is 0 Å². The summed E-state index contributed by atoms with van der Waals surface area (Å²) in [5.74, 6) is 0. The fraction of sp³-hybridized carbons (Fsp3) is 0.333. The average molecular weight is 192 g/mol. The highest BCUT2D eigenvalue weighted by Gasteiger charge is 2.10. The molecule has 2 nitrogen and oxygen atoms in total. The molecule has 2 atom stereocenters. The van der Waals surface area contributed by atoms with Crippen molar-refractivity contribution in [1.29, 1.82) is 0 Å². The summed E-state index contributed by atoms with van der Waals surface area (Å²) in [6.45, 7) is 5.80. The lowest BCUT2D eigenvalue weighted by Crippen LogP contribution is -2.23. The maximum Gasteiger partial charge on any atom is 0.101 e. The van der Waals surface area contributed by atoms with Crippen LogP contribution in [0.5, 0.6) is 0 Å². The molecule has 1 aromatic carbocycles. The Hall–Kier alpha value is -1.12. The molecule has 0 saturated carbocycles. The summed E-state index contributed by atoms with van der Waals surface area (Å²) in [6, 6.07) is 9.86. The van der Waals surface area contributed by atoms with E-state index in [0.29, 0.717) is 6.61 Å². The van der Waals surface area contributed by atoms with E-state index in [9.17, 15) is 5.11 Å². The van der Waals surface area contributed by atoms with Crippen molar-refractivity contribution in [3.8, 4) is 0 Å².